The van der Waals surface area contributed by atoms with Gasteiger partial charge in [-0.3, -0.25) is 9.59 Å². The average molecular weight is 251 g/mol. The van der Waals surface area contributed by atoms with Gasteiger partial charge in [-0.15, -0.1) is 0 Å². The van der Waals surface area contributed by atoms with Crippen LogP contribution >= 0.6 is 0 Å². The number of hydrogen-bond donors (Lipinski definition) is 1. The Bertz CT molecular complexity index is 464. The minimum Gasteiger partial charge on any atom is -0.484 e. The van der Waals surface area contributed by atoms with Crippen LogP contribution in [0.25, 0.3) is 0 Å². The largest absolute Gasteiger partial charge is 0.484 e. The van der Waals surface area contributed by atoms with Crippen molar-refractivity contribution in [3.63, 3.8) is 0 Å². The molecular weight excluding hydrogens is 234 g/mol. The van der Waals surface area contributed by atoms with E-state index < -0.39 is 5.97 Å². The van der Waals surface area contributed by atoms with Crippen LogP contribution in [0.2, 0.25) is 0 Å². The average Bonchev–Trinajstić information content (AvgIpc) is 2.34. The van der Waals surface area contributed by atoms with Crippen molar-refractivity contribution in [2.45, 2.75) is 25.8 Å². The Morgan fingerprint density at radius 3 is 2.94 bits per heavy atom. The number of aliphatic carboxylic acids is 1. The Hall–Kier alpha value is -2.04. The first-order chi connectivity index (χ1) is 8.65. The van der Waals surface area contributed by atoms with Gasteiger partial charge in [0.05, 0.1) is 0 Å². The van der Waals surface area contributed by atoms with E-state index in [9.17, 15) is 9.59 Å². The second kappa shape index (κ2) is 7.32. The lowest BCUT2D eigenvalue weighted by molar-refractivity contribution is -0.137. The second-order valence-corrected chi connectivity index (χ2v) is 3.82. The lowest BCUT2D eigenvalue weighted by Crippen LogP contribution is -2.21. The molecule has 0 bridgehead atoms. The summed E-state index contributed by atoms with van der Waals surface area (Å²) < 4.78 is 6.75. The third-order valence-corrected chi connectivity index (χ3v) is 2.38. The molecule has 98 valence electrons. The quantitative estimate of drug-likeness (QED) is 0.563. The topological polar surface area (TPSA) is 68.5 Å². The number of nitrogens with zero attached hydrogens (tertiary/aromatic N) is 1. The smallest absolute Gasteiger partial charge is 0.303 e. The number of carbonyl (C=O) groups is 1. The lowest BCUT2D eigenvalue weighted by atomic mass is 10.2. The first-order valence-corrected chi connectivity index (χ1v) is 5.80. The number of carboxylic acid groups (broad SMARTS) is 1. The van der Waals surface area contributed by atoms with Gasteiger partial charge in [0.2, 0.25) is 0 Å². The molecule has 0 saturated carbocycles. The molecule has 0 aliphatic rings. The molecule has 0 spiro atoms. The van der Waals surface area contributed by atoms with Crippen LogP contribution in [0.3, 0.4) is 0 Å². The van der Waals surface area contributed by atoms with Crippen molar-refractivity contribution >= 4 is 5.97 Å². The molecule has 18 heavy (non-hydrogen) atoms. The maximum Gasteiger partial charge on any atom is 0.303 e. The molecule has 5 heteroatoms. The SMILES string of the molecule is C=CCOc1cccn(CCCCC(=O)O)c1=O. The summed E-state index contributed by atoms with van der Waals surface area (Å²) in [4.78, 5) is 22.2. The first-order valence-electron chi connectivity index (χ1n) is 5.80. The molecule has 0 amide bonds. The molecule has 0 fully saturated rings. The highest BCUT2D eigenvalue weighted by molar-refractivity contribution is 5.66. The fraction of sp³-hybridized carbons (Fsp3) is 0.385. The van der Waals surface area contributed by atoms with Crippen LogP contribution in [0.1, 0.15) is 19.3 Å². The molecule has 1 rings (SSSR count). The highest BCUT2D eigenvalue weighted by Crippen LogP contribution is 2.04. The second-order valence-electron chi connectivity index (χ2n) is 3.82. The molecule has 1 heterocycles. The molecule has 0 aliphatic carbocycles. The van der Waals surface area contributed by atoms with Crippen molar-refractivity contribution in [1.82, 2.24) is 4.57 Å². The van der Waals surface area contributed by atoms with Crippen LogP contribution < -0.4 is 10.3 Å². The van der Waals surface area contributed by atoms with E-state index >= 15 is 0 Å². The van der Waals surface area contributed by atoms with Gasteiger partial charge in [-0.05, 0) is 25.0 Å². The number of aromatic nitrogens is 1. The number of hydrogen-bond acceptors (Lipinski definition) is 3. The minimum atomic E-state index is -0.814. The number of ether oxygens (including phenoxy) is 1. The van der Waals surface area contributed by atoms with Gasteiger partial charge in [-0.25, -0.2) is 0 Å². The molecule has 1 aromatic rings. The van der Waals surface area contributed by atoms with Crippen LogP contribution in [0.15, 0.2) is 35.8 Å². The van der Waals surface area contributed by atoms with Crippen molar-refractivity contribution in [2.24, 2.45) is 0 Å². The van der Waals surface area contributed by atoms with Gasteiger partial charge in [-0.2, -0.15) is 0 Å². The maximum atomic E-state index is 11.9. The van der Waals surface area contributed by atoms with Crippen molar-refractivity contribution in [3.8, 4) is 5.75 Å². The van der Waals surface area contributed by atoms with E-state index in [1.54, 1.807) is 24.4 Å². The van der Waals surface area contributed by atoms with E-state index in [1.165, 1.54) is 4.57 Å². The third-order valence-electron chi connectivity index (χ3n) is 2.38. The molecule has 0 unspecified atom stereocenters. The summed E-state index contributed by atoms with van der Waals surface area (Å²) in [6.45, 7) is 4.30. The Morgan fingerprint density at radius 1 is 1.50 bits per heavy atom. The van der Waals surface area contributed by atoms with E-state index in [1.807, 2.05) is 0 Å². The zero-order chi connectivity index (χ0) is 13.4. The molecular formula is C13H17NO4. The fourth-order valence-corrected chi connectivity index (χ4v) is 1.51. The van der Waals surface area contributed by atoms with Crippen LogP contribution in [0.4, 0.5) is 0 Å². The molecule has 1 aromatic heterocycles. The Balaban J connectivity index is 2.57. The number of unbranched alkanes of at least 4 members (excludes halogenated alkanes) is 1. The van der Waals surface area contributed by atoms with Crippen molar-refractivity contribution in [3.05, 3.63) is 41.3 Å². The van der Waals surface area contributed by atoms with Crippen LogP contribution in [-0.4, -0.2) is 22.2 Å². The summed E-state index contributed by atoms with van der Waals surface area (Å²) >= 11 is 0. The molecule has 5 nitrogen and oxygen atoms in total. The van der Waals surface area contributed by atoms with E-state index in [0.717, 1.165) is 0 Å². The minimum absolute atomic E-state index is 0.126. The molecule has 0 saturated heterocycles. The van der Waals surface area contributed by atoms with Crippen LogP contribution in [-0.2, 0) is 11.3 Å². The molecule has 0 aromatic carbocycles. The van der Waals surface area contributed by atoms with Gasteiger partial charge in [0.1, 0.15) is 6.61 Å². The Labute approximate surface area is 105 Å². The number of aryl methyl sites for hydroxylation is 1. The van der Waals surface area contributed by atoms with Gasteiger partial charge < -0.3 is 14.4 Å². The predicted octanol–water partition coefficient (Wildman–Crippen LogP) is 1.67. The number of rotatable bonds is 8. The molecule has 0 aliphatic heterocycles. The lowest BCUT2D eigenvalue weighted by Gasteiger charge is -2.07. The molecule has 0 atom stereocenters. The van der Waals surface area contributed by atoms with E-state index in [-0.39, 0.29) is 24.3 Å². The van der Waals surface area contributed by atoms with Crippen LogP contribution in [0.5, 0.6) is 5.75 Å². The van der Waals surface area contributed by atoms with Gasteiger partial charge in [0.25, 0.3) is 5.56 Å². The van der Waals surface area contributed by atoms with Gasteiger partial charge in [0.15, 0.2) is 5.75 Å². The summed E-state index contributed by atoms with van der Waals surface area (Å²) in [5, 5.41) is 8.51. The number of pyridine rings is 1. The standard InChI is InChI=1S/C13H17NO4/c1-2-10-18-11-6-5-9-14(13(11)17)8-4-3-7-12(15)16/h2,5-6,9H,1,3-4,7-8,10H2,(H,15,16). The molecule has 1 N–H and O–H groups in total. The summed E-state index contributed by atoms with van der Waals surface area (Å²) in [5.41, 5.74) is -0.199. The molecule has 0 radical (unpaired) electrons. The summed E-state index contributed by atoms with van der Waals surface area (Å²) in [5.74, 6) is -0.527. The summed E-state index contributed by atoms with van der Waals surface area (Å²) in [7, 11) is 0. The van der Waals surface area contributed by atoms with Crippen molar-refractivity contribution in [1.29, 1.82) is 0 Å². The van der Waals surface area contributed by atoms with Crippen LogP contribution in [0, 0.1) is 0 Å². The van der Waals surface area contributed by atoms with Crippen molar-refractivity contribution in [2.75, 3.05) is 6.61 Å². The zero-order valence-corrected chi connectivity index (χ0v) is 10.2. The van der Waals surface area contributed by atoms with E-state index in [0.29, 0.717) is 19.4 Å². The monoisotopic (exact) mass is 251 g/mol. The maximum absolute atomic E-state index is 11.9. The van der Waals surface area contributed by atoms with Gasteiger partial charge in [-0.1, -0.05) is 12.7 Å². The van der Waals surface area contributed by atoms with Gasteiger partial charge in [0, 0.05) is 19.2 Å². The zero-order valence-electron chi connectivity index (χ0n) is 10.2. The Morgan fingerprint density at radius 2 is 2.28 bits per heavy atom. The highest BCUT2D eigenvalue weighted by Gasteiger charge is 2.04. The summed E-state index contributed by atoms with van der Waals surface area (Å²) in [6.07, 6.45) is 4.57. The van der Waals surface area contributed by atoms with E-state index in [4.69, 9.17) is 9.84 Å². The fourth-order valence-electron chi connectivity index (χ4n) is 1.51. The van der Waals surface area contributed by atoms with Gasteiger partial charge >= 0.3 is 5.97 Å². The number of carboxylic acids is 1. The first kappa shape index (κ1) is 14.0. The predicted molar refractivity (Wildman–Crippen MR) is 67.9 cm³/mol. The van der Waals surface area contributed by atoms with Crippen molar-refractivity contribution < 1.29 is 14.6 Å². The van der Waals surface area contributed by atoms with E-state index in [2.05, 4.69) is 6.58 Å². The Kier molecular flexibility index (Phi) is 5.70. The summed E-state index contributed by atoms with van der Waals surface area (Å²) in [6, 6.07) is 3.34. The highest BCUT2D eigenvalue weighted by atomic mass is 16.5. The normalized spacial score (nSPS) is 10.0. The third kappa shape index (κ3) is 4.45.